The molecule has 0 spiro atoms. The fourth-order valence-electron chi connectivity index (χ4n) is 1.80. The number of hydrogen-bond donors (Lipinski definition) is 0. The minimum atomic E-state index is -0.398. The summed E-state index contributed by atoms with van der Waals surface area (Å²) in [6.07, 6.45) is 1.32. The molecule has 2 heteroatoms. The highest BCUT2D eigenvalue weighted by Gasteiger charge is 2.37. The van der Waals surface area contributed by atoms with Gasteiger partial charge in [-0.1, -0.05) is 29.8 Å². The average Bonchev–Trinajstić information content (AvgIpc) is 2.48. The molecule has 0 aliphatic carbocycles. The van der Waals surface area contributed by atoms with Gasteiger partial charge in [-0.15, -0.1) is 0 Å². The molecule has 14 heavy (non-hydrogen) atoms. The van der Waals surface area contributed by atoms with Crippen LogP contribution in [-0.4, -0.2) is 5.97 Å². The van der Waals surface area contributed by atoms with Crippen molar-refractivity contribution in [2.75, 3.05) is 0 Å². The molecule has 1 aromatic rings. The molecule has 0 bridgehead atoms. The predicted molar refractivity (Wildman–Crippen MR) is 53.9 cm³/mol. The zero-order valence-electron chi connectivity index (χ0n) is 8.54. The first kappa shape index (κ1) is 9.25. The third-order valence-corrected chi connectivity index (χ3v) is 2.81. The molecule has 0 N–H and O–H groups in total. The molecule has 1 aliphatic rings. The van der Waals surface area contributed by atoms with Crippen molar-refractivity contribution in [2.24, 2.45) is 0 Å². The van der Waals surface area contributed by atoms with Crippen LogP contribution in [0.1, 0.15) is 30.9 Å². The van der Waals surface area contributed by atoms with E-state index in [1.54, 1.807) is 0 Å². The molecule has 2 nitrogen and oxygen atoms in total. The molecule has 0 amide bonds. The van der Waals surface area contributed by atoms with Crippen LogP contribution in [0, 0.1) is 6.92 Å². The van der Waals surface area contributed by atoms with Crippen LogP contribution in [0.4, 0.5) is 0 Å². The quantitative estimate of drug-likeness (QED) is 0.636. The van der Waals surface area contributed by atoms with Crippen molar-refractivity contribution in [1.29, 1.82) is 0 Å². The van der Waals surface area contributed by atoms with E-state index in [2.05, 4.69) is 0 Å². The molecule has 1 aliphatic heterocycles. The van der Waals surface area contributed by atoms with Gasteiger partial charge in [-0.05, 0) is 19.4 Å². The van der Waals surface area contributed by atoms with Gasteiger partial charge in [0.05, 0.1) is 0 Å². The Morgan fingerprint density at radius 1 is 1.29 bits per heavy atom. The zero-order valence-corrected chi connectivity index (χ0v) is 8.54. The molecule has 0 saturated carbocycles. The molecular formula is C12H14O2. The molecule has 1 aromatic carbocycles. The lowest BCUT2D eigenvalue weighted by Gasteiger charge is -2.22. The fraction of sp³-hybridized carbons (Fsp3) is 0.417. The standard InChI is InChI=1S/C12H14O2/c1-9-3-5-10(6-4-9)12(2)8-7-11(13)14-12/h3-6H,7-8H2,1-2H3/t12-/m0/s1. The number of carbonyl (C=O) groups is 1. The van der Waals surface area contributed by atoms with Crippen molar-refractivity contribution in [1.82, 2.24) is 0 Å². The number of carbonyl (C=O) groups excluding carboxylic acids is 1. The van der Waals surface area contributed by atoms with Crippen LogP contribution in [0.25, 0.3) is 0 Å². The lowest BCUT2D eigenvalue weighted by atomic mass is 9.92. The van der Waals surface area contributed by atoms with Crippen LogP contribution in [-0.2, 0) is 15.1 Å². The first-order valence-electron chi connectivity index (χ1n) is 4.89. The second-order valence-corrected chi connectivity index (χ2v) is 4.07. The number of hydrogen-bond acceptors (Lipinski definition) is 2. The van der Waals surface area contributed by atoms with Crippen molar-refractivity contribution in [2.45, 2.75) is 32.3 Å². The van der Waals surface area contributed by atoms with Crippen molar-refractivity contribution < 1.29 is 9.53 Å². The van der Waals surface area contributed by atoms with Gasteiger partial charge in [-0.25, -0.2) is 0 Å². The third-order valence-electron chi connectivity index (χ3n) is 2.81. The molecule has 2 rings (SSSR count). The van der Waals surface area contributed by atoms with Crippen molar-refractivity contribution in [3.8, 4) is 0 Å². The van der Waals surface area contributed by atoms with Crippen LogP contribution < -0.4 is 0 Å². The van der Waals surface area contributed by atoms with Gasteiger partial charge in [0.2, 0.25) is 0 Å². The molecular weight excluding hydrogens is 176 g/mol. The van der Waals surface area contributed by atoms with E-state index in [-0.39, 0.29) is 5.97 Å². The van der Waals surface area contributed by atoms with Crippen molar-refractivity contribution in [3.05, 3.63) is 35.4 Å². The Bertz CT molecular complexity index is 353. The summed E-state index contributed by atoms with van der Waals surface area (Å²) in [5.41, 5.74) is 1.92. The zero-order chi connectivity index (χ0) is 10.2. The van der Waals surface area contributed by atoms with Crippen LogP contribution in [0.5, 0.6) is 0 Å². The summed E-state index contributed by atoms with van der Waals surface area (Å²) in [4.78, 5) is 11.1. The van der Waals surface area contributed by atoms with E-state index in [1.165, 1.54) is 5.56 Å². The summed E-state index contributed by atoms with van der Waals surface area (Å²) in [5, 5.41) is 0. The summed E-state index contributed by atoms with van der Waals surface area (Å²) in [6.45, 7) is 4.02. The highest BCUT2D eigenvalue weighted by molar-refractivity contribution is 5.72. The first-order valence-corrected chi connectivity index (χ1v) is 4.89. The van der Waals surface area contributed by atoms with Gasteiger partial charge in [0.15, 0.2) is 0 Å². The maximum Gasteiger partial charge on any atom is 0.306 e. The van der Waals surface area contributed by atoms with Crippen LogP contribution in [0.3, 0.4) is 0 Å². The lowest BCUT2D eigenvalue weighted by Crippen LogP contribution is -2.20. The smallest absolute Gasteiger partial charge is 0.306 e. The summed E-state index contributed by atoms with van der Waals surface area (Å²) < 4.78 is 5.34. The van der Waals surface area contributed by atoms with Gasteiger partial charge in [0.25, 0.3) is 0 Å². The van der Waals surface area contributed by atoms with Crippen LogP contribution >= 0.6 is 0 Å². The van der Waals surface area contributed by atoms with E-state index in [9.17, 15) is 4.79 Å². The highest BCUT2D eigenvalue weighted by atomic mass is 16.6. The number of rotatable bonds is 1. The van der Waals surface area contributed by atoms with Gasteiger partial charge < -0.3 is 4.74 Å². The fourth-order valence-corrected chi connectivity index (χ4v) is 1.80. The Balaban J connectivity index is 2.30. The Hall–Kier alpha value is -1.31. The Kier molecular flexibility index (Phi) is 2.06. The van der Waals surface area contributed by atoms with Crippen LogP contribution in [0.2, 0.25) is 0 Å². The number of cyclic esters (lactones) is 1. The van der Waals surface area contributed by atoms with E-state index >= 15 is 0 Å². The van der Waals surface area contributed by atoms with Gasteiger partial charge >= 0.3 is 5.97 Å². The molecule has 74 valence electrons. The predicted octanol–water partition coefficient (Wildman–Crippen LogP) is 2.55. The summed E-state index contributed by atoms with van der Waals surface area (Å²) in [6, 6.07) is 8.17. The minimum absolute atomic E-state index is 0.0897. The number of esters is 1. The summed E-state index contributed by atoms with van der Waals surface area (Å²) >= 11 is 0. The monoisotopic (exact) mass is 190 g/mol. The maximum absolute atomic E-state index is 11.1. The van der Waals surface area contributed by atoms with Gasteiger partial charge in [0, 0.05) is 12.8 Å². The highest BCUT2D eigenvalue weighted by Crippen LogP contribution is 2.36. The summed E-state index contributed by atoms with van der Waals surface area (Å²) in [7, 11) is 0. The van der Waals surface area contributed by atoms with E-state index in [1.807, 2.05) is 38.1 Å². The Morgan fingerprint density at radius 3 is 2.43 bits per heavy atom. The van der Waals surface area contributed by atoms with Gasteiger partial charge in [-0.2, -0.15) is 0 Å². The molecule has 1 fully saturated rings. The number of benzene rings is 1. The van der Waals surface area contributed by atoms with E-state index in [4.69, 9.17) is 4.74 Å². The molecule has 0 radical (unpaired) electrons. The second kappa shape index (κ2) is 3.12. The molecule has 1 atom stereocenters. The largest absolute Gasteiger partial charge is 0.454 e. The van der Waals surface area contributed by atoms with E-state index in [0.717, 1.165) is 12.0 Å². The molecule has 0 unspecified atom stereocenters. The average molecular weight is 190 g/mol. The SMILES string of the molecule is Cc1ccc([C@]2(C)CCC(=O)O2)cc1. The Labute approximate surface area is 83.9 Å². The Morgan fingerprint density at radius 2 is 1.93 bits per heavy atom. The number of aryl methyl sites for hydroxylation is 1. The van der Waals surface area contributed by atoms with Crippen molar-refractivity contribution in [3.63, 3.8) is 0 Å². The van der Waals surface area contributed by atoms with E-state index in [0.29, 0.717) is 6.42 Å². The first-order chi connectivity index (χ1) is 6.60. The number of ether oxygens (including phenoxy) is 1. The third kappa shape index (κ3) is 1.52. The molecule has 1 heterocycles. The normalized spacial score (nSPS) is 26.3. The second-order valence-electron chi connectivity index (χ2n) is 4.07. The van der Waals surface area contributed by atoms with Crippen molar-refractivity contribution >= 4 is 5.97 Å². The molecule has 0 aromatic heterocycles. The van der Waals surface area contributed by atoms with Gasteiger partial charge in [-0.3, -0.25) is 4.79 Å². The topological polar surface area (TPSA) is 26.3 Å². The van der Waals surface area contributed by atoms with Crippen LogP contribution in [0.15, 0.2) is 24.3 Å². The maximum atomic E-state index is 11.1. The van der Waals surface area contributed by atoms with E-state index < -0.39 is 5.60 Å². The molecule has 1 saturated heterocycles. The summed E-state index contributed by atoms with van der Waals surface area (Å²) in [5.74, 6) is -0.0897. The lowest BCUT2D eigenvalue weighted by molar-refractivity contribution is -0.147. The minimum Gasteiger partial charge on any atom is -0.454 e. The van der Waals surface area contributed by atoms with Gasteiger partial charge in [0.1, 0.15) is 5.60 Å².